The Bertz CT molecular complexity index is 1320. The zero-order valence-electron chi connectivity index (χ0n) is 19.9. The molecule has 4 rings (SSSR count). The highest BCUT2D eigenvalue weighted by atomic mass is 32.2. The molecule has 0 aliphatic heterocycles. The SMILES string of the molecule is CCC(Sc1nnc(-c2ccc(NC(=O)C=Cc3ccccc3)cc2)n1CC)C(=O)Nc1nccs1. The van der Waals surface area contributed by atoms with Crippen LogP contribution < -0.4 is 10.6 Å². The fraction of sp³-hybridized carbons (Fsp3) is 0.192. The molecule has 2 aromatic heterocycles. The zero-order valence-corrected chi connectivity index (χ0v) is 21.6. The van der Waals surface area contributed by atoms with E-state index in [1.807, 2.05) is 78.4 Å². The predicted molar refractivity (Wildman–Crippen MR) is 146 cm³/mol. The summed E-state index contributed by atoms with van der Waals surface area (Å²) in [7, 11) is 0. The molecule has 1 unspecified atom stereocenters. The van der Waals surface area contributed by atoms with Gasteiger partial charge in [-0.05, 0) is 49.2 Å². The first-order chi connectivity index (χ1) is 17.6. The van der Waals surface area contributed by atoms with Gasteiger partial charge in [0.05, 0.1) is 5.25 Å². The molecule has 0 saturated carbocycles. The van der Waals surface area contributed by atoms with E-state index in [0.717, 1.165) is 11.1 Å². The van der Waals surface area contributed by atoms with Crippen molar-refractivity contribution in [3.63, 3.8) is 0 Å². The first-order valence-electron chi connectivity index (χ1n) is 11.5. The van der Waals surface area contributed by atoms with Gasteiger partial charge >= 0.3 is 0 Å². The Morgan fingerprint density at radius 3 is 2.50 bits per heavy atom. The summed E-state index contributed by atoms with van der Waals surface area (Å²) in [5.74, 6) is 0.395. The van der Waals surface area contributed by atoms with E-state index in [0.29, 0.717) is 34.8 Å². The summed E-state index contributed by atoms with van der Waals surface area (Å²) in [5.41, 5.74) is 2.51. The first-order valence-corrected chi connectivity index (χ1v) is 13.3. The van der Waals surface area contributed by atoms with Crippen molar-refractivity contribution in [3.05, 3.63) is 77.8 Å². The molecule has 0 radical (unpaired) electrons. The molecule has 4 aromatic rings. The van der Waals surface area contributed by atoms with Crippen LogP contribution in [0.25, 0.3) is 17.5 Å². The largest absolute Gasteiger partial charge is 0.323 e. The van der Waals surface area contributed by atoms with Crippen molar-refractivity contribution in [1.29, 1.82) is 0 Å². The molecular formula is C26H26N6O2S2. The number of amides is 2. The van der Waals surface area contributed by atoms with Gasteiger partial charge in [0, 0.05) is 35.4 Å². The van der Waals surface area contributed by atoms with Gasteiger partial charge in [0.15, 0.2) is 16.1 Å². The number of benzene rings is 2. The molecule has 2 amide bonds. The Balaban J connectivity index is 1.42. The number of carbonyl (C=O) groups excluding carboxylic acids is 2. The second kappa shape index (κ2) is 12.3. The standard InChI is InChI=1S/C26H26N6O2S2/c1-3-21(24(34)29-25-27-16-17-35-25)36-26-31-30-23(32(26)4-2)19-11-13-20(14-12-19)28-22(33)15-10-18-8-6-5-7-9-18/h5-17,21H,3-4H2,1-2H3,(H,28,33)(H,27,29,34). The van der Waals surface area contributed by atoms with Gasteiger partial charge in [-0.1, -0.05) is 49.0 Å². The number of thiazole rings is 1. The third kappa shape index (κ3) is 6.46. The number of nitrogens with zero attached hydrogens (tertiary/aromatic N) is 4. The number of hydrogen-bond acceptors (Lipinski definition) is 7. The second-order valence-corrected chi connectivity index (χ2v) is 9.77. The lowest BCUT2D eigenvalue weighted by molar-refractivity contribution is -0.115. The number of thioether (sulfide) groups is 1. The third-order valence-corrected chi connectivity index (χ3v) is 7.28. The van der Waals surface area contributed by atoms with Gasteiger partial charge in [-0.3, -0.25) is 9.59 Å². The Morgan fingerprint density at radius 2 is 1.83 bits per heavy atom. The summed E-state index contributed by atoms with van der Waals surface area (Å²) in [6.45, 7) is 4.63. The van der Waals surface area contributed by atoms with E-state index >= 15 is 0 Å². The number of carbonyl (C=O) groups is 2. The number of aromatic nitrogens is 4. The second-order valence-electron chi connectivity index (χ2n) is 7.70. The fourth-order valence-corrected chi connectivity index (χ4v) is 4.97. The topological polar surface area (TPSA) is 102 Å². The van der Waals surface area contributed by atoms with Crippen molar-refractivity contribution in [3.8, 4) is 11.4 Å². The summed E-state index contributed by atoms with van der Waals surface area (Å²) in [6, 6.07) is 17.1. The van der Waals surface area contributed by atoms with Crippen molar-refractivity contribution in [2.24, 2.45) is 0 Å². The first kappa shape index (κ1) is 25.3. The zero-order chi connectivity index (χ0) is 25.3. The molecule has 0 aliphatic rings. The maximum Gasteiger partial charge on any atom is 0.248 e. The van der Waals surface area contributed by atoms with Gasteiger partial charge < -0.3 is 15.2 Å². The molecule has 1 atom stereocenters. The maximum atomic E-state index is 12.7. The Morgan fingerprint density at radius 1 is 1.06 bits per heavy atom. The van der Waals surface area contributed by atoms with Crippen molar-refractivity contribution in [2.75, 3.05) is 10.6 Å². The van der Waals surface area contributed by atoms with Crippen molar-refractivity contribution in [1.82, 2.24) is 19.7 Å². The minimum absolute atomic E-state index is 0.105. The van der Waals surface area contributed by atoms with Gasteiger partial charge in [0.2, 0.25) is 11.8 Å². The van der Waals surface area contributed by atoms with Crippen LogP contribution in [-0.2, 0) is 16.1 Å². The summed E-state index contributed by atoms with van der Waals surface area (Å²) in [4.78, 5) is 29.1. The average Bonchev–Trinajstić information content (AvgIpc) is 3.56. The average molecular weight is 519 g/mol. The van der Waals surface area contributed by atoms with Crippen LogP contribution >= 0.6 is 23.1 Å². The van der Waals surface area contributed by atoms with Gasteiger partial charge in [-0.15, -0.1) is 21.5 Å². The summed E-state index contributed by atoms with van der Waals surface area (Å²) >= 11 is 2.78. The van der Waals surface area contributed by atoms with Crippen LogP contribution in [0.4, 0.5) is 10.8 Å². The Labute approximate surface area is 217 Å². The van der Waals surface area contributed by atoms with Crippen molar-refractivity contribution in [2.45, 2.75) is 37.2 Å². The summed E-state index contributed by atoms with van der Waals surface area (Å²) in [6.07, 6.45) is 5.58. The van der Waals surface area contributed by atoms with Crippen LogP contribution in [0.3, 0.4) is 0 Å². The lowest BCUT2D eigenvalue weighted by Crippen LogP contribution is -2.25. The van der Waals surface area contributed by atoms with Crippen molar-refractivity contribution >= 4 is 51.8 Å². The van der Waals surface area contributed by atoms with Crippen LogP contribution in [0.15, 0.2) is 77.4 Å². The van der Waals surface area contributed by atoms with Crippen LogP contribution in [0.5, 0.6) is 0 Å². The minimum Gasteiger partial charge on any atom is -0.323 e. The quantitative estimate of drug-likeness (QED) is 0.210. The summed E-state index contributed by atoms with van der Waals surface area (Å²) < 4.78 is 1.99. The molecule has 2 N–H and O–H groups in total. The molecule has 2 aromatic carbocycles. The number of rotatable bonds is 10. The van der Waals surface area contributed by atoms with Crippen LogP contribution in [-0.4, -0.2) is 36.8 Å². The van der Waals surface area contributed by atoms with Gasteiger partial charge in [-0.2, -0.15) is 0 Å². The van der Waals surface area contributed by atoms with E-state index in [1.54, 1.807) is 12.3 Å². The maximum absolute atomic E-state index is 12.7. The van der Waals surface area contributed by atoms with Crippen LogP contribution in [0.2, 0.25) is 0 Å². The Hall–Kier alpha value is -3.76. The normalized spacial score (nSPS) is 11.9. The van der Waals surface area contributed by atoms with Gasteiger partial charge in [-0.25, -0.2) is 4.98 Å². The highest BCUT2D eigenvalue weighted by Gasteiger charge is 2.23. The van der Waals surface area contributed by atoms with E-state index in [9.17, 15) is 9.59 Å². The molecular weight excluding hydrogens is 492 g/mol. The van der Waals surface area contributed by atoms with E-state index in [-0.39, 0.29) is 17.1 Å². The Kier molecular flexibility index (Phi) is 8.64. The molecule has 0 aliphatic carbocycles. The monoisotopic (exact) mass is 518 g/mol. The van der Waals surface area contributed by atoms with Gasteiger partial charge in [0.25, 0.3) is 0 Å². The molecule has 0 bridgehead atoms. The summed E-state index contributed by atoms with van der Waals surface area (Å²) in [5, 5.41) is 17.2. The van der Waals surface area contributed by atoms with Crippen LogP contribution in [0, 0.1) is 0 Å². The molecule has 184 valence electrons. The smallest absolute Gasteiger partial charge is 0.248 e. The van der Waals surface area contributed by atoms with E-state index < -0.39 is 0 Å². The van der Waals surface area contributed by atoms with E-state index in [1.165, 1.54) is 29.2 Å². The molecule has 2 heterocycles. The van der Waals surface area contributed by atoms with Gasteiger partial charge in [0.1, 0.15) is 0 Å². The lowest BCUT2D eigenvalue weighted by Gasteiger charge is -2.14. The molecule has 10 heteroatoms. The lowest BCUT2D eigenvalue weighted by atomic mass is 10.2. The fourth-order valence-electron chi connectivity index (χ4n) is 3.42. The third-order valence-electron chi connectivity index (χ3n) is 5.24. The number of anilines is 2. The molecule has 0 spiro atoms. The molecule has 36 heavy (non-hydrogen) atoms. The van der Waals surface area contributed by atoms with Crippen LogP contribution in [0.1, 0.15) is 25.8 Å². The van der Waals surface area contributed by atoms with E-state index in [4.69, 9.17) is 0 Å². The highest BCUT2D eigenvalue weighted by molar-refractivity contribution is 8.00. The molecule has 8 nitrogen and oxygen atoms in total. The van der Waals surface area contributed by atoms with Crippen molar-refractivity contribution < 1.29 is 9.59 Å². The highest BCUT2D eigenvalue weighted by Crippen LogP contribution is 2.29. The molecule has 0 saturated heterocycles. The number of hydrogen-bond donors (Lipinski definition) is 2. The predicted octanol–water partition coefficient (Wildman–Crippen LogP) is 5.58. The minimum atomic E-state index is -0.322. The number of nitrogens with one attached hydrogen (secondary N) is 2. The van der Waals surface area contributed by atoms with E-state index in [2.05, 4.69) is 25.8 Å². The molecule has 0 fully saturated rings.